The van der Waals surface area contributed by atoms with E-state index in [1.807, 2.05) is 24.8 Å². The lowest BCUT2D eigenvalue weighted by Crippen LogP contribution is -2.48. The molecular weight excluding hydrogens is 276 g/mol. The first-order chi connectivity index (χ1) is 9.47. The predicted molar refractivity (Wildman–Crippen MR) is 78.4 cm³/mol. The highest BCUT2D eigenvalue weighted by molar-refractivity contribution is 7.14. The third-order valence-electron chi connectivity index (χ3n) is 3.68. The minimum Gasteiger partial charge on any atom is -0.481 e. The van der Waals surface area contributed by atoms with Crippen molar-refractivity contribution in [1.82, 2.24) is 9.80 Å². The van der Waals surface area contributed by atoms with Crippen molar-refractivity contribution in [2.45, 2.75) is 20.3 Å². The lowest BCUT2D eigenvalue weighted by atomic mass is 10.2. The number of rotatable bonds is 4. The Morgan fingerprint density at radius 3 is 2.40 bits per heavy atom. The summed E-state index contributed by atoms with van der Waals surface area (Å²) in [6.07, 6.45) is 0.164. The van der Waals surface area contributed by atoms with Crippen molar-refractivity contribution < 1.29 is 14.7 Å². The summed E-state index contributed by atoms with van der Waals surface area (Å²) in [5, 5.41) is 8.67. The molecule has 0 unspecified atom stereocenters. The largest absolute Gasteiger partial charge is 0.481 e. The zero-order chi connectivity index (χ0) is 14.7. The molecule has 0 saturated carbocycles. The molecular formula is C14H20N2O3S. The second kappa shape index (κ2) is 6.37. The maximum Gasteiger partial charge on any atom is 0.304 e. The van der Waals surface area contributed by atoms with Crippen molar-refractivity contribution in [2.75, 3.05) is 32.7 Å². The first kappa shape index (κ1) is 15.0. The second-order valence-corrected chi connectivity index (χ2v) is 6.38. The fourth-order valence-electron chi connectivity index (χ4n) is 2.26. The standard InChI is InChI=1S/C14H20N2O3S/c1-10-9-12(20-11(10)2)14(19)16-7-5-15(6-8-16)4-3-13(17)18/h9H,3-8H2,1-2H3,(H,17,18). The second-order valence-electron chi connectivity index (χ2n) is 5.13. The number of amides is 1. The highest BCUT2D eigenvalue weighted by atomic mass is 32.1. The topological polar surface area (TPSA) is 60.9 Å². The zero-order valence-electron chi connectivity index (χ0n) is 11.9. The number of hydrogen-bond acceptors (Lipinski definition) is 4. The molecule has 1 N–H and O–H groups in total. The van der Waals surface area contributed by atoms with E-state index in [-0.39, 0.29) is 12.3 Å². The fourth-order valence-corrected chi connectivity index (χ4v) is 3.26. The number of carboxylic acid groups (broad SMARTS) is 1. The number of thiophene rings is 1. The molecule has 0 bridgehead atoms. The van der Waals surface area contributed by atoms with E-state index in [4.69, 9.17) is 5.11 Å². The third kappa shape index (κ3) is 3.58. The van der Waals surface area contributed by atoms with Gasteiger partial charge in [-0.15, -0.1) is 11.3 Å². The van der Waals surface area contributed by atoms with Crippen LogP contribution in [-0.2, 0) is 4.79 Å². The summed E-state index contributed by atoms with van der Waals surface area (Å²) in [6.45, 7) is 7.47. The Morgan fingerprint density at radius 1 is 1.25 bits per heavy atom. The number of hydrogen-bond donors (Lipinski definition) is 1. The molecule has 0 aliphatic carbocycles. The molecule has 2 rings (SSSR count). The maximum absolute atomic E-state index is 12.4. The zero-order valence-corrected chi connectivity index (χ0v) is 12.7. The highest BCUT2D eigenvalue weighted by Crippen LogP contribution is 2.22. The molecule has 1 fully saturated rings. The SMILES string of the molecule is Cc1cc(C(=O)N2CCN(CCC(=O)O)CC2)sc1C. The Balaban J connectivity index is 1.87. The van der Waals surface area contributed by atoms with Crippen LogP contribution in [0.25, 0.3) is 0 Å². The van der Waals surface area contributed by atoms with Crippen LogP contribution in [0, 0.1) is 13.8 Å². The van der Waals surface area contributed by atoms with Gasteiger partial charge in [0, 0.05) is 37.6 Å². The molecule has 0 aromatic carbocycles. The summed E-state index contributed by atoms with van der Waals surface area (Å²) in [5.41, 5.74) is 1.17. The van der Waals surface area contributed by atoms with Gasteiger partial charge in [0.25, 0.3) is 5.91 Å². The van der Waals surface area contributed by atoms with Crippen molar-refractivity contribution in [3.8, 4) is 0 Å². The van der Waals surface area contributed by atoms with Crippen LogP contribution in [0.1, 0.15) is 26.5 Å². The number of carboxylic acids is 1. The van der Waals surface area contributed by atoms with Crippen LogP contribution in [0.4, 0.5) is 0 Å². The lowest BCUT2D eigenvalue weighted by molar-refractivity contribution is -0.137. The van der Waals surface area contributed by atoms with E-state index in [0.29, 0.717) is 19.6 Å². The van der Waals surface area contributed by atoms with Crippen molar-refractivity contribution in [1.29, 1.82) is 0 Å². The van der Waals surface area contributed by atoms with Crippen LogP contribution in [0.15, 0.2) is 6.07 Å². The minimum atomic E-state index is -0.770. The normalized spacial score (nSPS) is 16.4. The predicted octanol–water partition coefficient (Wildman–Crippen LogP) is 1.60. The Kier molecular flexibility index (Phi) is 4.77. The van der Waals surface area contributed by atoms with Crippen molar-refractivity contribution in [3.63, 3.8) is 0 Å². The molecule has 2 heterocycles. The summed E-state index contributed by atoms with van der Waals surface area (Å²) < 4.78 is 0. The number of nitrogens with zero attached hydrogens (tertiary/aromatic N) is 2. The molecule has 1 amide bonds. The molecule has 0 spiro atoms. The number of aryl methyl sites for hydroxylation is 2. The van der Waals surface area contributed by atoms with E-state index in [9.17, 15) is 9.59 Å². The number of aliphatic carboxylic acids is 1. The Bertz CT molecular complexity index is 485. The van der Waals surface area contributed by atoms with Crippen molar-refractivity contribution in [3.05, 3.63) is 21.4 Å². The summed E-state index contributed by atoms with van der Waals surface area (Å²) >= 11 is 1.55. The van der Waals surface area contributed by atoms with Gasteiger partial charge in [-0.05, 0) is 25.5 Å². The fraction of sp³-hybridized carbons (Fsp3) is 0.571. The van der Waals surface area contributed by atoms with Gasteiger partial charge in [0.05, 0.1) is 11.3 Å². The average Bonchev–Trinajstić information content (AvgIpc) is 2.76. The molecule has 1 aromatic heterocycles. The minimum absolute atomic E-state index is 0.101. The van der Waals surface area contributed by atoms with Gasteiger partial charge in [-0.25, -0.2) is 0 Å². The molecule has 1 saturated heterocycles. The van der Waals surface area contributed by atoms with Crippen LogP contribution in [-0.4, -0.2) is 59.5 Å². The van der Waals surface area contributed by atoms with Crippen molar-refractivity contribution >= 4 is 23.2 Å². The lowest BCUT2D eigenvalue weighted by Gasteiger charge is -2.34. The molecule has 110 valence electrons. The van der Waals surface area contributed by atoms with Crippen LogP contribution in [0.3, 0.4) is 0 Å². The van der Waals surface area contributed by atoms with Crippen LogP contribution < -0.4 is 0 Å². The van der Waals surface area contributed by atoms with Gasteiger partial charge in [0.15, 0.2) is 0 Å². The summed E-state index contributed by atoms with van der Waals surface area (Å²) in [4.78, 5) is 28.9. The van der Waals surface area contributed by atoms with Gasteiger partial charge in [-0.2, -0.15) is 0 Å². The van der Waals surface area contributed by atoms with Crippen LogP contribution in [0.2, 0.25) is 0 Å². The van der Waals surface area contributed by atoms with Gasteiger partial charge in [0.1, 0.15) is 0 Å². The number of piperazine rings is 1. The molecule has 0 atom stereocenters. The molecule has 1 aliphatic heterocycles. The molecule has 0 radical (unpaired) electrons. The van der Waals surface area contributed by atoms with Crippen LogP contribution >= 0.6 is 11.3 Å². The molecule has 5 nitrogen and oxygen atoms in total. The Labute approximate surface area is 122 Å². The van der Waals surface area contributed by atoms with E-state index in [2.05, 4.69) is 4.90 Å². The summed E-state index contributed by atoms with van der Waals surface area (Å²) in [5.74, 6) is -0.669. The van der Waals surface area contributed by atoms with Gasteiger partial charge < -0.3 is 10.0 Å². The summed E-state index contributed by atoms with van der Waals surface area (Å²) in [7, 11) is 0. The highest BCUT2D eigenvalue weighted by Gasteiger charge is 2.23. The van der Waals surface area contributed by atoms with Gasteiger partial charge in [0.2, 0.25) is 0 Å². The van der Waals surface area contributed by atoms with Gasteiger partial charge in [-0.1, -0.05) is 0 Å². The quantitative estimate of drug-likeness (QED) is 0.917. The van der Waals surface area contributed by atoms with E-state index in [1.54, 1.807) is 11.3 Å². The van der Waals surface area contributed by atoms with Gasteiger partial charge in [-0.3, -0.25) is 14.5 Å². The van der Waals surface area contributed by atoms with E-state index in [1.165, 1.54) is 10.4 Å². The number of carbonyl (C=O) groups excluding carboxylic acids is 1. The average molecular weight is 296 g/mol. The smallest absolute Gasteiger partial charge is 0.304 e. The van der Waals surface area contributed by atoms with Gasteiger partial charge >= 0.3 is 5.97 Å². The first-order valence-corrected chi connectivity index (χ1v) is 7.59. The monoisotopic (exact) mass is 296 g/mol. The van der Waals surface area contributed by atoms with E-state index >= 15 is 0 Å². The molecule has 6 heteroatoms. The van der Waals surface area contributed by atoms with Crippen LogP contribution in [0.5, 0.6) is 0 Å². The number of carbonyl (C=O) groups is 2. The van der Waals surface area contributed by atoms with E-state index < -0.39 is 5.97 Å². The molecule has 1 aromatic rings. The third-order valence-corrected chi connectivity index (χ3v) is 4.82. The first-order valence-electron chi connectivity index (χ1n) is 6.78. The maximum atomic E-state index is 12.4. The molecule has 20 heavy (non-hydrogen) atoms. The molecule has 1 aliphatic rings. The van der Waals surface area contributed by atoms with Crippen molar-refractivity contribution in [2.24, 2.45) is 0 Å². The Hall–Kier alpha value is -1.40. The summed E-state index contributed by atoms with van der Waals surface area (Å²) in [6, 6.07) is 1.96. The van der Waals surface area contributed by atoms with E-state index in [0.717, 1.165) is 18.0 Å². The Morgan fingerprint density at radius 2 is 1.90 bits per heavy atom.